The summed E-state index contributed by atoms with van der Waals surface area (Å²) in [7, 11) is 0. The van der Waals surface area contributed by atoms with E-state index in [1.165, 1.54) is 24.8 Å². The summed E-state index contributed by atoms with van der Waals surface area (Å²) in [6.45, 7) is 8.70. The van der Waals surface area contributed by atoms with E-state index in [4.69, 9.17) is 4.74 Å². The predicted molar refractivity (Wildman–Crippen MR) is 146 cm³/mol. The molecular weight excluding hydrogens is 456 g/mol. The van der Waals surface area contributed by atoms with Crippen molar-refractivity contribution in [2.24, 2.45) is 11.8 Å². The first kappa shape index (κ1) is 27.5. The third kappa shape index (κ3) is 7.98. The van der Waals surface area contributed by atoms with E-state index in [9.17, 15) is 4.79 Å². The van der Waals surface area contributed by atoms with Gasteiger partial charge in [-0.2, -0.15) is 0 Å². The largest absolute Gasteiger partial charge is 0.457 e. The number of halogens is 1. The Labute approximate surface area is 218 Å². The van der Waals surface area contributed by atoms with Gasteiger partial charge in [-0.15, -0.1) is 12.4 Å². The maximum atomic E-state index is 12.9. The second-order valence-electron chi connectivity index (χ2n) is 10.3. The average Bonchev–Trinajstić information content (AvgIpc) is 2.88. The molecule has 2 aliphatic rings. The minimum atomic E-state index is 0. The van der Waals surface area contributed by atoms with E-state index in [0.29, 0.717) is 23.8 Å². The first-order chi connectivity index (χ1) is 16.6. The van der Waals surface area contributed by atoms with Crippen LogP contribution in [0.3, 0.4) is 0 Å². The van der Waals surface area contributed by atoms with Crippen LogP contribution in [-0.2, 0) is 11.2 Å². The number of carbonyl (C=O) groups excluding carboxylic acids is 1. The van der Waals surface area contributed by atoms with E-state index in [-0.39, 0.29) is 12.4 Å². The molecular formula is C30H43ClN2O2. The molecule has 1 unspecified atom stereocenters. The minimum Gasteiger partial charge on any atom is -0.457 e. The molecule has 1 atom stereocenters. The van der Waals surface area contributed by atoms with Gasteiger partial charge in [-0.25, -0.2) is 0 Å². The molecule has 0 radical (unpaired) electrons. The molecule has 1 aliphatic heterocycles. The molecule has 1 aliphatic carbocycles. The summed E-state index contributed by atoms with van der Waals surface area (Å²) in [4.78, 5) is 17.7. The molecule has 4 nitrogen and oxygen atoms in total. The van der Waals surface area contributed by atoms with E-state index in [1.807, 2.05) is 36.4 Å². The van der Waals surface area contributed by atoms with Gasteiger partial charge >= 0.3 is 0 Å². The van der Waals surface area contributed by atoms with Crippen molar-refractivity contribution in [1.29, 1.82) is 0 Å². The van der Waals surface area contributed by atoms with Crippen molar-refractivity contribution in [2.45, 2.75) is 71.3 Å². The van der Waals surface area contributed by atoms with E-state index in [2.05, 4.69) is 41.8 Å². The van der Waals surface area contributed by atoms with Gasteiger partial charge in [-0.1, -0.05) is 56.5 Å². The molecule has 1 heterocycles. The zero-order valence-electron chi connectivity index (χ0n) is 21.5. The molecule has 35 heavy (non-hydrogen) atoms. The lowest BCUT2D eigenvalue weighted by Gasteiger charge is -2.38. The molecule has 2 aromatic carbocycles. The van der Waals surface area contributed by atoms with Crippen LogP contribution in [0.4, 0.5) is 0 Å². The molecule has 192 valence electrons. The third-order valence-electron chi connectivity index (χ3n) is 7.81. The molecule has 1 saturated carbocycles. The SMILES string of the molecule is CCN(CC1CCN(C(=O)C2CCCCC2)CC1)C(C)Cc1cccc(Oc2ccccc2)c1.Cl. The molecule has 4 rings (SSSR count). The average molecular weight is 499 g/mol. The number of benzene rings is 2. The number of para-hydroxylation sites is 1. The van der Waals surface area contributed by atoms with Gasteiger partial charge in [0.05, 0.1) is 0 Å². The first-order valence-corrected chi connectivity index (χ1v) is 13.5. The Morgan fingerprint density at radius 2 is 1.66 bits per heavy atom. The van der Waals surface area contributed by atoms with Gasteiger partial charge in [-0.3, -0.25) is 4.79 Å². The number of likely N-dealkylation sites (tertiary alicyclic amines) is 1. The highest BCUT2D eigenvalue weighted by atomic mass is 35.5. The van der Waals surface area contributed by atoms with Crippen molar-refractivity contribution in [3.8, 4) is 11.5 Å². The van der Waals surface area contributed by atoms with E-state index < -0.39 is 0 Å². The summed E-state index contributed by atoms with van der Waals surface area (Å²) in [6, 6.07) is 18.9. The number of hydrogen-bond donors (Lipinski definition) is 0. The number of rotatable bonds is 9. The van der Waals surface area contributed by atoms with Gasteiger partial charge in [0.15, 0.2) is 0 Å². The topological polar surface area (TPSA) is 32.8 Å². The van der Waals surface area contributed by atoms with Crippen LogP contribution in [0, 0.1) is 11.8 Å². The monoisotopic (exact) mass is 498 g/mol. The van der Waals surface area contributed by atoms with Crippen LogP contribution in [0.25, 0.3) is 0 Å². The molecule has 0 spiro atoms. The normalized spacial score (nSPS) is 18.2. The molecule has 2 aromatic rings. The summed E-state index contributed by atoms with van der Waals surface area (Å²) < 4.78 is 6.04. The zero-order chi connectivity index (χ0) is 23.8. The van der Waals surface area contributed by atoms with Crippen molar-refractivity contribution < 1.29 is 9.53 Å². The van der Waals surface area contributed by atoms with Crippen molar-refractivity contribution in [3.63, 3.8) is 0 Å². The highest BCUT2D eigenvalue weighted by Crippen LogP contribution is 2.28. The van der Waals surface area contributed by atoms with Gasteiger partial charge in [-0.05, 0) is 81.3 Å². The molecule has 5 heteroatoms. The number of ether oxygens (including phenoxy) is 1. The zero-order valence-corrected chi connectivity index (χ0v) is 22.3. The van der Waals surface area contributed by atoms with Gasteiger partial charge in [0.2, 0.25) is 5.91 Å². The third-order valence-corrected chi connectivity index (χ3v) is 7.81. The fourth-order valence-electron chi connectivity index (χ4n) is 5.73. The van der Waals surface area contributed by atoms with Crippen molar-refractivity contribution >= 4 is 18.3 Å². The molecule has 2 fully saturated rings. The second kappa shape index (κ2) is 13.9. The Hall–Kier alpha value is -2.04. The number of amides is 1. The minimum absolute atomic E-state index is 0. The van der Waals surface area contributed by atoms with Gasteiger partial charge in [0.1, 0.15) is 11.5 Å². The highest BCUT2D eigenvalue weighted by molar-refractivity contribution is 5.85. The Balaban J connectivity index is 0.00000342. The summed E-state index contributed by atoms with van der Waals surface area (Å²) >= 11 is 0. The fourth-order valence-corrected chi connectivity index (χ4v) is 5.73. The Kier molecular flexibility index (Phi) is 10.9. The van der Waals surface area contributed by atoms with Crippen LogP contribution < -0.4 is 4.74 Å². The van der Waals surface area contributed by atoms with Crippen molar-refractivity contribution in [3.05, 3.63) is 60.2 Å². The van der Waals surface area contributed by atoms with Gasteiger partial charge < -0.3 is 14.5 Å². The number of nitrogens with zero attached hydrogens (tertiary/aromatic N) is 2. The van der Waals surface area contributed by atoms with Crippen molar-refractivity contribution in [1.82, 2.24) is 9.80 Å². The Bertz CT molecular complexity index is 892. The van der Waals surface area contributed by atoms with E-state index in [1.54, 1.807) is 0 Å². The fraction of sp³-hybridized carbons (Fsp3) is 0.567. The van der Waals surface area contributed by atoms with Gasteiger partial charge in [0.25, 0.3) is 0 Å². The first-order valence-electron chi connectivity index (χ1n) is 13.5. The lowest BCUT2D eigenvalue weighted by Crippen LogP contribution is -2.45. The number of likely N-dealkylation sites (N-methyl/N-ethyl adjacent to an activating group) is 1. The smallest absolute Gasteiger partial charge is 0.225 e. The molecule has 0 aromatic heterocycles. The quantitative estimate of drug-likeness (QED) is 0.374. The second-order valence-corrected chi connectivity index (χ2v) is 10.3. The lowest BCUT2D eigenvalue weighted by atomic mass is 9.87. The van der Waals surface area contributed by atoms with E-state index in [0.717, 1.165) is 69.8 Å². The molecule has 0 bridgehead atoms. The summed E-state index contributed by atoms with van der Waals surface area (Å²) in [6.07, 6.45) is 9.29. The van der Waals surface area contributed by atoms with Crippen LogP contribution in [0.2, 0.25) is 0 Å². The van der Waals surface area contributed by atoms with Crippen LogP contribution in [-0.4, -0.2) is 47.9 Å². The standard InChI is InChI=1S/C30H42N2O2.ClH/c1-3-31(23-25-17-19-32(20-18-25)30(33)27-12-6-4-7-13-27)24(2)21-26-11-10-16-29(22-26)34-28-14-8-5-9-15-28;/h5,8-11,14-16,22,24-25,27H,3-4,6-7,12-13,17-21,23H2,1-2H3;1H. The number of piperidine rings is 1. The molecule has 1 amide bonds. The Morgan fingerprint density at radius 3 is 2.34 bits per heavy atom. The van der Waals surface area contributed by atoms with Crippen LogP contribution in [0.1, 0.15) is 64.4 Å². The highest BCUT2D eigenvalue weighted by Gasteiger charge is 2.30. The Morgan fingerprint density at radius 1 is 0.971 bits per heavy atom. The maximum Gasteiger partial charge on any atom is 0.225 e. The van der Waals surface area contributed by atoms with E-state index >= 15 is 0 Å². The van der Waals surface area contributed by atoms with Crippen molar-refractivity contribution in [2.75, 3.05) is 26.2 Å². The van der Waals surface area contributed by atoms with Crippen LogP contribution in [0.15, 0.2) is 54.6 Å². The molecule has 1 saturated heterocycles. The van der Waals surface area contributed by atoms with Crippen LogP contribution >= 0.6 is 12.4 Å². The van der Waals surface area contributed by atoms with Gasteiger partial charge in [0, 0.05) is 31.6 Å². The summed E-state index contributed by atoms with van der Waals surface area (Å²) in [5, 5.41) is 0. The van der Waals surface area contributed by atoms with Crippen LogP contribution in [0.5, 0.6) is 11.5 Å². The lowest BCUT2D eigenvalue weighted by molar-refractivity contribution is -0.138. The predicted octanol–water partition coefficient (Wildman–Crippen LogP) is 6.97. The summed E-state index contributed by atoms with van der Waals surface area (Å²) in [5.41, 5.74) is 1.31. The number of carbonyl (C=O) groups is 1. The maximum absolute atomic E-state index is 12.9. The summed E-state index contributed by atoms with van der Waals surface area (Å²) in [5.74, 6) is 3.20. The molecule has 0 N–H and O–H groups in total. The number of hydrogen-bond acceptors (Lipinski definition) is 3.